The molecule has 0 atom stereocenters. The van der Waals surface area contributed by atoms with Gasteiger partial charge in [0.05, 0.1) is 5.54 Å². The van der Waals surface area contributed by atoms with Gasteiger partial charge in [-0.15, -0.1) is 0 Å². The Labute approximate surface area is 120 Å². The number of isocyanates is 1. The van der Waals surface area contributed by atoms with Crippen molar-refractivity contribution in [2.45, 2.75) is 44.7 Å². The minimum absolute atomic E-state index is 0.339. The number of aromatic hydroxyl groups is 1. The third-order valence-corrected chi connectivity index (χ3v) is 4.09. The van der Waals surface area contributed by atoms with Gasteiger partial charge in [-0.3, -0.25) is 0 Å². The Bertz CT molecular complexity index is 540. The van der Waals surface area contributed by atoms with Crippen LogP contribution in [0.5, 0.6) is 5.75 Å². The number of nitrogens with zero attached hydrogens (tertiary/aromatic N) is 2. The molecule has 1 N–H and O–H groups in total. The highest BCUT2D eigenvalue weighted by Crippen LogP contribution is 2.43. The first-order valence-electron chi connectivity index (χ1n) is 7.05. The van der Waals surface area contributed by atoms with Crippen LogP contribution in [0.3, 0.4) is 0 Å². The third kappa shape index (κ3) is 2.77. The Morgan fingerprint density at radius 2 is 2.00 bits per heavy atom. The first-order valence-corrected chi connectivity index (χ1v) is 7.05. The number of phenolic OH excluding ortho intramolecular Hbond substituents is 1. The molecule has 0 amide bonds. The van der Waals surface area contributed by atoms with Crippen molar-refractivity contribution in [3.05, 3.63) is 28.8 Å². The maximum atomic E-state index is 10.8. The van der Waals surface area contributed by atoms with E-state index < -0.39 is 5.54 Å². The maximum absolute atomic E-state index is 10.8. The number of hydrogen-bond donors (Lipinski definition) is 1. The number of aliphatic imine (C=N–C) groups is 1. The summed E-state index contributed by atoms with van der Waals surface area (Å²) in [7, 11) is 3.94. The summed E-state index contributed by atoms with van der Waals surface area (Å²) in [4.78, 5) is 16.9. The first kappa shape index (κ1) is 14.8. The van der Waals surface area contributed by atoms with Crippen molar-refractivity contribution in [1.29, 1.82) is 0 Å². The first-order chi connectivity index (χ1) is 9.48. The second kappa shape index (κ2) is 5.78. The molecule has 1 saturated carbocycles. The normalized spacial score (nSPS) is 17.2. The van der Waals surface area contributed by atoms with Crippen LogP contribution >= 0.6 is 0 Å². The lowest BCUT2D eigenvalue weighted by molar-refractivity contribution is 0.382. The molecule has 1 aliphatic carbocycles. The van der Waals surface area contributed by atoms with Crippen molar-refractivity contribution in [3.8, 4) is 5.75 Å². The van der Waals surface area contributed by atoms with Crippen molar-refractivity contribution in [3.63, 3.8) is 0 Å². The van der Waals surface area contributed by atoms with E-state index in [1.165, 1.54) is 0 Å². The summed E-state index contributed by atoms with van der Waals surface area (Å²) in [5.41, 5.74) is 2.33. The topological polar surface area (TPSA) is 52.9 Å². The quantitative estimate of drug-likeness (QED) is 0.678. The van der Waals surface area contributed by atoms with Crippen LogP contribution < -0.4 is 0 Å². The van der Waals surface area contributed by atoms with Crippen LogP contribution in [0.2, 0.25) is 0 Å². The van der Waals surface area contributed by atoms with Crippen molar-refractivity contribution in [2.24, 2.45) is 4.99 Å². The molecule has 1 aliphatic rings. The highest BCUT2D eigenvalue weighted by Gasteiger charge is 2.36. The van der Waals surface area contributed by atoms with E-state index in [4.69, 9.17) is 0 Å². The smallest absolute Gasteiger partial charge is 0.235 e. The molecule has 0 aliphatic heterocycles. The Morgan fingerprint density at radius 1 is 1.35 bits per heavy atom. The van der Waals surface area contributed by atoms with Crippen molar-refractivity contribution in [2.75, 3.05) is 14.1 Å². The van der Waals surface area contributed by atoms with Gasteiger partial charge in [0, 0.05) is 12.1 Å². The molecule has 0 heterocycles. The molecule has 1 aromatic rings. The summed E-state index contributed by atoms with van der Waals surface area (Å²) in [5, 5.41) is 10.2. The number of carbonyl (C=O) groups excluding carboxylic acids is 1. The van der Waals surface area contributed by atoms with Gasteiger partial charge in [-0.25, -0.2) is 4.79 Å². The Kier molecular flexibility index (Phi) is 4.26. The monoisotopic (exact) mass is 274 g/mol. The molecule has 0 saturated heterocycles. The number of hydrogen-bond acceptors (Lipinski definition) is 4. The SMILES string of the molecule is Cc1cc(C2(N=C=O)CCCC2)cc(CN(C)C)c1O. The molecular weight excluding hydrogens is 252 g/mol. The lowest BCUT2D eigenvalue weighted by atomic mass is 9.86. The Morgan fingerprint density at radius 3 is 2.55 bits per heavy atom. The van der Waals surface area contributed by atoms with Gasteiger partial charge >= 0.3 is 0 Å². The molecule has 0 aromatic heterocycles. The average Bonchev–Trinajstić information content (AvgIpc) is 2.84. The summed E-state index contributed by atoms with van der Waals surface area (Å²) < 4.78 is 0. The van der Waals surface area contributed by atoms with Crippen molar-refractivity contribution < 1.29 is 9.90 Å². The van der Waals surface area contributed by atoms with Gasteiger partial charge in [0.2, 0.25) is 6.08 Å². The standard InChI is InChI=1S/C16H22N2O2/c1-12-8-14(9-13(15(12)20)10-18(2)3)16(17-11-19)6-4-5-7-16/h8-9,20H,4-7,10H2,1-3H3. The minimum atomic E-state index is -0.429. The molecule has 4 heteroatoms. The van der Waals surface area contributed by atoms with Crippen molar-refractivity contribution >= 4 is 6.08 Å². The number of aryl methyl sites for hydroxylation is 1. The molecule has 4 nitrogen and oxygen atoms in total. The second-order valence-corrected chi connectivity index (χ2v) is 5.98. The van der Waals surface area contributed by atoms with Crippen LogP contribution in [0, 0.1) is 6.92 Å². The van der Waals surface area contributed by atoms with E-state index in [1.54, 1.807) is 6.08 Å². The molecule has 20 heavy (non-hydrogen) atoms. The van der Waals surface area contributed by atoms with Gasteiger partial charge in [0.15, 0.2) is 0 Å². The molecule has 108 valence electrons. The maximum Gasteiger partial charge on any atom is 0.235 e. The predicted octanol–water partition coefficient (Wildman–Crippen LogP) is 2.87. The minimum Gasteiger partial charge on any atom is -0.507 e. The summed E-state index contributed by atoms with van der Waals surface area (Å²) in [6.07, 6.45) is 5.67. The van der Waals surface area contributed by atoms with Crippen LogP contribution in [-0.2, 0) is 16.9 Å². The van der Waals surface area contributed by atoms with E-state index >= 15 is 0 Å². The second-order valence-electron chi connectivity index (χ2n) is 5.98. The van der Waals surface area contributed by atoms with E-state index in [9.17, 15) is 9.90 Å². The summed E-state index contributed by atoms with van der Waals surface area (Å²) in [5.74, 6) is 0.339. The molecule has 0 radical (unpaired) electrons. The zero-order valence-electron chi connectivity index (χ0n) is 12.4. The van der Waals surface area contributed by atoms with Gasteiger partial charge in [0.25, 0.3) is 0 Å². The average molecular weight is 274 g/mol. The highest BCUT2D eigenvalue weighted by molar-refractivity contribution is 5.47. The molecule has 0 bridgehead atoms. The molecule has 0 spiro atoms. The molecular formula is C16H22N2O2. The lowest BCUT2D eigenvalue weighted by Gasteiger charge is -2.25. The van der Waals surface area contributed by atoms with E-state index in [2.05, 4.69) is 4.99 Å². The van der Waals surface area contributed by atoms with Crippen LogP contribution in [0.4, 0.5) is 0 Å². The zero-order chi connectivity index (χ0) is 14.8. The van der Waals surface area contributed by atoms with Gasteiger partial charge in [0.1, 0.15) is 5.75 Å². The van der Waals surface area contributed by atoms with E-state index in [1.807, 2.05) is 38.1 Å². The van der Waals surface area contributed by atoms with E-state index in [0.29, 0.717) is 12.3 Å². The zero-order valence-corrected chi connectivity index (χ0v) is 12.4. The third-order valence-electron chi connectivity index (χ3n) is 4.09. The fourth-order valence-electron chi connectivity index (χ4n) is 3.09. The van der Waals surface area contributed by atoms with Gasteiger partial charge in [-0.05, 0) is 57.1 Å². The fourth-order valence-corrected chi connectivity index (χ4v) is 3.09. The summed E-state index contributed by atoms with van der Waals surface area (Å²) in [6, 6.07) is 3.95. The molecule has 1 fully saturated rings. The van der Waals surface area contributed by atoms with Crippen LogP contribution in [0.15, 0.2) is 17.1 Å². The Balaban J connectivity index is 2.50. The van der Waals surface area contributed by atoms with Gasteiger partial charge in [-0.1, -0.05) is 12.8 Å². The number of rotatable bonds is 4. The summed E-state index contributed by atoms with van der Waals surface area (Å²) >= 11 is 0. The van der Waals surface area contributed by atoms with E-state index in [0.717, 1.165) is 42.4 Å². The van der Waals surface area contributed by atoms with Crippen LogP contribution in [0.25, 0.3) is 0 Å². The number of phenols is 1. The number of benzene rings is 1. The Hall–Kier alpha value is -1.64. The van der Waals surface area contributed by atoms with Gasteiger partial charge < -0.3 is 10.0 Å². The molecule has 2 rings (SSSR count). The molecule has 0 unspecified atom stereocenters. The molecule has 1 aromatic carbocycles. The fraction of sp³-hybridized carbons (Fsp3) is 0.562. The van der Waals surface area contributed by atoms with E-state index in [-0.39, 0.29) is 0 Å². The largest absolute Gasteiger partial charge is 0.507 e. The van der Waals surface area contributed by atoms with Crippen molar-refractivity contribution in [1.82, 2.24) is 4.90 Å². The van der Waals surface area contributed by atoms with Crippen LogP contribution in [0.1, 0.15) is 42.4 Å². The van der Waals surface area contributed by atoms with Crippen LogP contribution in [-0.4, -0.2) is 30.2 Å². The lowest BCUT2D eigenvalue weighted by Crippen LogP contribution is -2.20. The van der Waals surface area contributed by atoms with Gasteiger partial charge in [-0.2, -0.15) is 4.99 Å². The summed E-state index contributed by atoms with van der Waals surface area (Å²) in [6.45, 7) is 2.56. The predicted molar refractivity (Wildman–Crippen MR) is 78.5 cm³/mol. The highest BCUT2D eigenvalue weighted by atomic mass is 16.3.